The summed E-state index contributed by atoms with van der Waals surface area (Å²) in [6, 6.07) is 1.93. The largest absolute Gasteiger partial charge is 0.367 e. The van der Waals surface area contributed by atoms with Gasteiger partial charge in [-0.2, -0.15) is 5.10 Å². The Balaban J connectivity index is 1.55. The standard InChI is InChI=1S/C16H22N6O2/c1-12-8-13(2)20-16(19-12)14-9-21(6-7-24-14)15(23)4-3-5-22-11-17-10-18-22/h8,10-11,14H,3-7,9H2,1-2H3. The quantitative estimate of drug-likeness (QED) is 0.815. The van der Waals surface area contributed by atoms with Crippen molar-refractivity contribution >= 4 is 5.91 Å². The van der Waals surface area contributed by atoms with Gasteiger partial charge >= 0.3 is 0 Å². The van der Waals surface area contributed by atoms with Crippen LogP contribution in [0.2, 0.25) is 0 Å². The monoisotopic (exact) mass is 330 g/mol. The van der Waals surface area contributed by atoms with E-state index in [9.17, 15) is 4.79 Å². The van der Waals surface area contributed by atoms with Crippen molar-refractivity contribution in [2.24, 2.45) is 0 Å². The zero-order valence-corrected chi connectivity index (χ0v) is 14.1. The van der Waals surface area contributed by atoms with Crippen LogP contribution >= 0.6 is 0 Å². The molecular formula is C16H22N6O2. The molecule has 1 amide bonds. The molecule has 0 radical (unpaired) electrons. The lowest BCUT2D eigenvalue weighted by Crippen LogP contribution is -2.42. The van der Waals surface area contributed by atoms with E-state index in [1.54, 1.807) is 11.0 Å². The third-order valence-electron chi connectivity index (χ3n) is 3.95. The fraction of sp³-hybridized carbons (Fsp3) is 0.562. The summed E-state index contributed by atoms with van der Waals surface area (Å²) in [5, 5.41) is 4.04. The maximum Gasteiger partial charge on any atom is 0.222 e. The van der Waals surface area contributed by atoms with Gasteiger partial charge in [0.2, 0.25) is 5.91 Å². The van der Waals surface area contributed by atoms with Gasteiger partial charge in [-0.05, 0) is 26.3 Å². The number of hydrogen-bond acceptors (Lipinski definition) is 6. The number of rotatable bonds is 5. The molecule has 0 aliphatic carbocycles. The minimum Gasteiger partial charge on any atom is -0.367 e. The molecule has 1 unspecified atom stereocenters. The Labute approximate surface area is 140 Å². The zero-order chi connectivity index (χ0) is 16.9. The van der Waals surface area contributed by atoms with Crippen molar-refractivity contribution in [3.63, 3.8) is 0 Å². The first kappa shape index (κ1) is 16.5. The Bertz CT molecular complexity index is 668. The number of carbonyl (C=O) groups is 1. The predicted molar refractivity (Wildman–Crippen MR) is 86.0 cm³/mol. The smallest absolute Gasteiger partial charge is 0.222 e. The maximum atomic E-state index is 12.4. The molecule has 1 atom stereocenters. The van der Waals surface area contributed by atoms with Crippen molar-refractivity contribution in [1.82, 2.24) is 29.6 Å². The second kappa shape index (κ2) is 7.48. The number of aromatic nitrogens is 5. The highest BCUT2D eigenvalue weighted by molar-refractivity contribution is 5.76. The van der Waals surface area contributed by atoms with E-state index >= 15 is 0 Å². The average molecular weight is 330 g/mol. The molecule has 1 fully saturated rings. The van der Waals surface area contributed by atoms with Crippen LogP contribution in [-0.4, -0.2) is 55.2 Å². The summed E-state index contributed by atoms with van der Waals surface area (Å²) in [7, 11) is 0. The lowest BCUT2D eigenvalue weighted by molar-refractivity contribution is -0.139. The summed E-state index contributed by atoms with van der Waals surface area (Å²) >= 11 is 0. The lowest BCUT2D eigenvalue weighted by Gasteiger charge is -2.32. The van der Waals surface area contributed by atoms with Gasteiger partial charge in [0.25, 0.3) is 0 Å². The minimum absolute atomic E-state index is 0.132. The number of amides is 1. The number of carbonyl (C=O) groups excluding carboxylic acids is 1. The van der Waals surface area contributed by atoms with Gasteiger partial charge in [0, 0.05) is 30.9 Å². The Morgan fingerprint density at radius 1 is 1.33 bits per heavy atom. The maximum absolute atomic E-state index is 12.4. The first-order valence-corrected chi connectivity index (χ1v) is 8.16. The summed E-state index contributed by atoms with van der Waals surface area (Å²) in [4.78, 5) is 27.1. The Morgan fingerprint density at radius 3 is 2.83 bits per heavy atom. The molecule has 3 rings (SSSR count). The van der Waals surface area contributed by atoms with Crippen LogP contribution in [0.5, 0.6) is 0 Å². The van der Waals surface area contributed by atoms with Crippen LogP contribution in [0.15, 0.2) is 18.7 Å². The SMILES string of the molecule is Cc1cc(C)nc(C2CN(C(=O)CCCn3cncn3)CCO2)n1. The van der Waals surface area contributed by atoms with Gasteiger partial charge in [-0.15, -0.1) is 0 Å². The van der Waals surface area contributed by atoms with Crippen molar-refractivity contribution in [3.8, 4) is 0 Å². The van der Waals surface area contributed by atoms with E-state index in [0.29, 0.717) is 38.5 Å². The second-order valence-electron chi connectivity index (χ2n) is 5.97. The van der Waals surface area contributed by atoms with Crippen LogP contribution in [0, 0.1) is 13.8 Å². The van der Waals surface area contributed by atoms with E-state index in [2.05, 4.69) is 20.1 Å². The number of morpholine rings is 1. The van der Waals surface area contributed by atoms with Gasteiger partial charge in [-0.3, -0.25) is 9.48 Å². The Kier molecular flexibility index (Phi) is 5.14. The molecule has 3 heterocycles. The summed E-state index contributed by atoms with van der Waals surface area (Å²) < 4.78 is 7.51. The molecule has 2 aromatic heterocycles. The normalized spacial score (nSPS) is 17.9. The van der Waals surface area contributed by atoms with E-state index in [4.69, 9.17) is 4.74 Å². The van der Waals surface area contributed by atoms with Crippen LogP contribution in [0.1, 0.15) is 36.2 Å². The number of ether oxygens (including phenoxy) is 1. The van der Waals surface area contributed by atoms with E-state index in [1.807, 2.05) is 24.8 Å². The average Bonchev–Trinajstić information content (AvgIpc) is 3.07. The number of hydrogen-bond donors (Lipinski definition) is 0. The van der Waals surface area contributed by atoms with Crippen molar-refractivity contribution in [3.05, 3.63) is 35.9 Å². The zero-order valence-electron chi connectivity index (χ0n) is 14.1. The van der Waals surface area contributed by atoms with Crippen molar-refractivity contribution in [2.75, 3.05) is 19.7 Å². The second-order valence-corrected chi connectivity index (χ2v) is 5.97. The third-order valence-corrected chi connectivity index (χ3v) is 3.95. The summed E-state index contributed by atoms with van der Waals surface area (Å²) in [5.41, 5.74) is 1.83. The van der Waals surface area contributed by atoms with Gasteiger partial charge in [0.1, 0.15) is 18.8 Å². The molecule has 1 aliphatic rings. The van der Waals surface area contributed by atoms with E-state index < -0.39 is 0 Å². The summed E-state index contributed by atoms with van der Waals surface area (Å²) in [5.74, 6) is 0.792. The van der Waals surface area contributed by atoms with Gasteiger partial charge in [-0.25, -0.2) is 15.0 Å². The number of aryl methyl sites for hydroxylation is 3. The van der Waals surface area contributed by atoms with Crippen molar-refractivity contribution in [1.29, 1.82) is 0 Å². The summed E-state index contributed by atoms with van der Waals surface area (Å²) in [6.45, 7) is 6.20. The molecule has 2 aromatic rings. The molecule has 1 aliphatic heterocycles. The predicted octanol–water partition coefficient (Wildman–Crippen LogP) is 1.07. The van der Waals surface area contributed by atoms with Gasteiger partial charge in [0.15, 0.2) is 5.82 Å². The molecule has 0 aromatic carbocycles. The molecule has 0 N–H and O–H groups in total. The molecular weight excluding hydrogens is 308 g/mol. The van der Waals surface area contributed by atoms with Crippen molar-refractivity contribution < 1.29 is 9.53 Å². The fourth-order valence-electron chi connectivity index (χ4n) is 2.83. The molecule has 0 bridgehead atoms. The van der Waals surface area contributed by atoms with Gasteiger partial charge in [0.05, 0.1) is 13.2 Å². The van der Waals surface area contributed by atoms with Crippen LogP contribution in [0.3, 0.4) is 0 Å². The molecule has 1 saturated heterocycles. The Hall–Kier alpha value is -2.35. The van der Waals surface area contributed by atoms with E-state index in [1.165, 1.54) is 6.33 Å². The molecule has 24 heavy (non-hydrogen) atoms. The van der Waals surface area contributed by atoms with Crippen molar-refractivity contribution in [2.45, 2.75) is 39.3 Å². The van der Waals surface area contributed by atoms with E-state index in [-0.39, 0.29) is 12.0 Å². The van der Waals surface area contributed by atoms with Crippen LogP contribution < -0.4 is 0 Å². The van der Waals surface area contributed by atoms with E-state index in [0.717, 1.165) is 17.8 Å². The topological polar surface area (TPSA) is 86.0 Å². The molecule has 8 nitrogen and oxygen atoms in total. The first-order valence-electron chi connectivity index (χ1n) is 8.16. The Morgan fingerprint density at radius 2 is 2.12 bits per heavy atom. The molecule has 128 valence electrons. The van der Waals surface area contributed by atoms with Gasteiger partial charge in [-0.1, -0.05) is 0 Å². The molecule has 0 spiro atoms. The first-order chi connectivity index (χ1) is 11.6. The highest BCUT2D eigenvalue weighted by Gasteiger charge is 2.27. The molecule has 0 saturated carbocycles. The lowest BCUT2D eigenvalue weighted by atomic mass is 10.2. The van der Waals surface area contributed by atoms with Crippen LogP contribution in [0.4, 0.5) is 0 Å². The number of nitrogens with zero attached hydrogens (tertiary/aromatic N) is 6. The van der Waals surface area contributed by atoms with Crippen LogP contribution in [0.25, 0.3) is 0 Å². The molecule has 8 heteroatoms. The highest BCUT2D eigenvalue weighted by atomic mass is 16.5. The minimum atomic E-state index is -0.253. The third kappa shape index (κ3) is 4.14. The van der Waals surface area contributed by atoms with Crippen LogP contribution in [-0.2, 0) is 16.1 Å². The van der Waals surface area contributed by atoms with Gasteiger partial charge < -0.3 is 9.64 Å². The highest BCUT2D eigenvalue weighted by Crippen LogP contribution is 2.20. The fourth-order valence-corrected chi connectivity index (χ4v) is 2.83. The summed E-state index contributed by atoms with van der Waals surface area (Å²) in [6.07, 6.45) is 4.13.